The van der Waals surface area contributed by atoms with Crippen LogP contribution in [0.25, 0.3) is 0 Å². The van der Waals surface area contributed by atoms with E-state index in [0.29, 0.717) is 32.8 Å². The number of carbonyl (C=O) groups excluding carboxylic acids is 2. The summed E-state index contributed by atoms with van der Waals surface area (Å²) >= 11 is 12.3. The largest absolute Gasteiger partial charge is 0.314 e. The normalized spacial score (nSPS) is 20.9. The number of halogens is 2. The molecule has 1 aromatic heterocycles. The van der Waals surface area contributed by atoms with E-state index in [-0.39, 0.29) is 24.3 Å². The highest BCUT2D eigenvalue weighted by atomic mass is 35.5. The Balaban J connectivity index is 1.70. The fraction of sp³-hybridized carbons (Fsp3) is 0.238. The fourth-order valence-electron chi connectivity index (χ4n) is 4.41. The first-order chi connectivity index (χ1) is 14.3. The number of amides is 2. The molecule has 1 spiro atoms. The van der Waals surface area contributed by atoms with Gasteiger partial charge < -0.3 is 10.2 Å². The van der Waals surface area contributed by atoms with Gasteiger partial charge in [0.15, 0.2) is 5.82 Å². The Kier molecular flexibility index (Phi) is 4.17. The van der Waals surface area contributed by atoms with E-state index in [0.717, 1.165) is 5.56 Å². The molecular formula is C21H17Cl2N5O2. The van der Waals surface area contributed by atoms with Gasteiger partial charge in [-0.25, -0.2) is 4.68 Å². The molecule has 30 heavy (non-hydrogen) atoms. The Morgan fingerprint density at radius 1 is 1.10 bits per heavy atom. The molecule has 0 aliphatic carbocycles. The average molecular weight is 442 g/mol. The molecule has 0 fully saturated rings. The topological polar surface area (TPSA) is 80.1 Å². The van der Waals surface area contributed by atoms with E-state index in [1.54, 1.807) is 47.0 Å². The van der Waals surface area contributed by atoms with Crippen LogP contribution in [-0.4, -0.2) is 33.9 Å². The molecule has 0 unspecified atom stereocenters. The quantitative estimate of drug-likeness (QED) is 0.655. The third kappa shape index (κ3) is 2.52. The summed E-state index contributed by atoms with van der Waals surface area (Å²) in [6, 6.07) is 12.4. The molecule has 0 saturated carbocycles. The van der Waals surface area contributed by atoms with Crippen molar-refractivity contribution >= 4 is 46.5 Å². The standard InChI is InChI=1S/C21H17Cl2N5O2/c1-11(12-3-5-13(22)6-4-12)28-19-18(25-26-28)21(10-17(29)24-19)15-9-14(23)7-8-16(15)27(2)20(21)30/h3-9,11H,10H2,1-2H3,(H,24,29)/t11-,21+/m0/s1. The summed E-state index contributed by atoms with van der Waals surface area (Å²) in [6.07, 6.45) is -0.0511. The van der Waals surface area contributed by atoms with E-state index < -0.39 is 5.41 Å². The Labute approximate surface area is 182 Å². The zero-order valence-corrected chi connectivity index (χ0v) is 17.7. The van der Waals surface area contributed by atoms with Crippen LogP contribution in [0.15, 0.2) is 42.5 Å². The molecule has 2 aromatic carbocycles. The predicted molar refractivity (Wildman–Crippen MR) is 114 cm³/mol. The Hall–Kier alpha value is -2.90. The number of nitrogens with one attached hydrogen (secondary N) is 1. The maximum atomic E-state index is 13.5. The zero-order chi connectivity index (χ0) is 21.2. The van der Waals surface area contributed by atoms with E-state index in [1.165, 1.54) is 0 Å². The van der Waals surface area contributed by atoms with Crippen molar-refractivity contribution < 1.29 is 9.59 Å². The van der Waals surface area contributed by atoms with Gasteiger partial charge in [0.25, 0.3) is 0 Å². The number of aromatic nitrogens is 3. The minimum Gasteiger partial charge on any atom is -0.314 e. The van der Waals surface area contributed by atoms with Gasteiger partial charge in [0.1, 0.15) is 11.1 Å². The smallest absolute Gasteiger partial charge is 0.244 e. The van der Waals surface area contributed by atoms with E-state index in [1.807, 2.05) is 19.1 Å². The molecule has 0 radical (unpaired) electrons. The number of hydrogen-bond acceptors (Lipinski definition) is 4. The fourth-order valence-corrected chi connectivity index (χ4v) is 4.70. The second kappa shape index (κ2) is 6.55. The molecule has 2 atom stereocenters. The summed E-state index contributed by atoms with van der Waals surface area (Å²) in [7, 11) is 1.69. The van der Waals surface area contributed by atoms with Crippen molar-refractivity contribution in [1.82, 2.24) is 15.0 Å². The van der Waals surface area contributed by atoms with Gasteiger partial charge in [0.05, 0.1) is 12.5 Å². The average Bonchev–Trinajstić information content (AvgIpc) is 3.23. The maximum absolute atomic E-state index is 13.5. The van der Waals surface area contributed by atoms with E-state index >= 15 is 0 Å². The van der Waals surface area contributed by atoms with Gasteiger partial charge in [-0.05, 0) is 48.4 Å². The van der Waals surface area contributed by atoms with Gasteiger partial charge in [0.2, 0.25) is 11.8 Å². The summed E-state index contributed by atoms with van der Waals surface area (Å²) < 4.78 is 1.63. The molecule has 2 amide bonds. The van der Waals surface area contributed by atoms with Gasteiger partial charge in [-0.1, -0.05) is 40.5 Å². The first kappa shape index (κ1) is 19.1. The van der Waals surface area contributed by atoms with Crippen LogP contribution in [0.3, 0.4) is 0 Å². The van der Waals surface area contributed by atoms with Gasteiger partial charge >= 0.3 is 0 Å². The van der Waals surface area contributed by atoms with Gasteiger partial charge in [-0.3, -0.25) is 9.59 Å². The van der Waals surface area contributed by atoms with Gasteiger partial charge in [-0.15, -0.1) is 5.10 Å². The Morgan fingerprint density at radius 2 is 1.80 bits per heavy atom. The summed E-state index contributed by atoms with van der Waals surface area (Å²) in [5.74, 6) is -0.0748. The molecule has 2 aliphatic rings. The van der Waals surface area contributed by atoms with Crippen LogP contribution in [0.2, 0.25) is 10.0 Å². The van der Waals surface area contributed by atoms with Crippen LogP contribution in [0, 0.1) is 0 Å². The predicted octanol–water partition coefficient (Wildman–Crippen LogP) is 3.80. The molecule has 9 heteroatoms. The van der Waals surface area contributed by atoms with Gasteiger partial charge in [-0.2, -0.15) is 0 Å². The third-order valence-electron chi connectivity index (χ3n) is 5.95. The van der Waals surface area contributed by atoms with Crippen molar-refractivity contribution in [2.45, 2.75) is 24.8 Å². The summed E-state index contributed by atoms with van der Waals surface area (Å²) in [5, 5.41) is 12.7. The number of hydrogen-bond donors (Lipinski definition) is 1. The van der Waals surface area contributed by atoms with Crippen LogP contribution < -0.4 is 10.2 Å². The van der Waals surface area contributed by atoms with Crippen molar-refractivity contribution in [1.29, 1.82) is 0 Å². The van der Waals surface area contributed by atoms with E-state index in [9.17, 15) is 9.59 Å². The SMILES string of the molecule is C[C@@H](c1ccc(Cl)cc1)n1nnc2c1NC(=O)C[C@]21C(=O)N(C)c2ccc(Cl)cc21. The highest BCUT2D eigenvalue weighted by Crippen LogP contribution is 2.51. The number of rotatable bonds is 2. The number of fused-ring (bicyclic) bond motifs is 4. The Bertz CT molecular complexity index is 1210. The van der Waals surface area contributed by atoms with Crippen LogP contribution >= 0.6 is 23.2 Å². The lowest BCUT2D eigenvalue weighted by Gasteiger charge is -2.31. The third-order valence-corrected chi connectivity index (χ3v) is 6.44. The first-order valence-corrected chi connectivity index (χ1v) is 10.2. The molecule has 3 aromatic rings. The molecule has 2 aliphatic heterocycles. The zero-order valence-electron chi connectivity index (χ0n) is 16.2. The van der Waals surface area contributed by atoms with Crippen molar-refractivity contribution in [2.75, 3.05) is 17.3 Å². The monoisotopic (exact) mass is 441 g/mol. The van der Waals surface area contributed by atoms with Crippen molar-refractivity contribution in [3.63, 3.8) is 0 Å². The minimum absolute atomic E-state index is 0.0511. The number of nitrogens with zero attached hydrogens (tertiary/aromatic N) is 4. The number of likely N-dealkylation sites (N-methyl/N-ethyl adjacent to an activating group) is 1. The van der Waals surface area contributed by atoms with Crippen LogP contribution in [0.4, 0.5) is 11.5 Å². The lowest BCUT2D eigenvalue weighted by atomic mass is 9.73. The van der Waals surface area contributed by atoms with E-state index in [4.69, 9.17) is 23.2 Å². The summed E-state index contributed by atoms with van der Waals surface area (Å²) in [5.41, 5.74) is 1.51. The molecule has 1 N–H and O–H groups in total. The second-order valence-electron chi connectivity index (χ2n) is 7.61. The number of anilines is 2. The van der Waals surface area contributed by atoms with Gasteiger partial charge in [0, 0.05) is 22.8 Å². The number of carbonyl (C=O) groups is 2. The number of benzene rings is 2. The molecule has 0 saturated heterocycles. The van der Waals surface area contributed by atoms with Crippen molar-refractivity contribution in [3.8, 4) is 0 Å². The van der Waals surface area contributed by atoms with Crippen LogP contribution in [-0.2, 0) is 15.0 Å². The van der Waals surface area contributed by atoms with Crippen molar-refractivity contribution in [3.05, 3.63) is 69.3 Å². The second-order valence-corrected chi connectivity index (χ2v) is 8.49. The first-order valence-electron chi connectivity index (χ1n) is 9.42. The molecule has 5 rings (SSSR count). The molecule has 3 heterocycles. The van der Waals surface area contributed by atoms with Crippen LogP contribution in [0.5, 0.6) is 0 Å². The van der Waals surface area contributed by atoms with Crippen LogP contribution in [0.1, 0.15) is 36.2 Å². The van der Waals surface area contributed by atoms with E-state index in [2.05, 4.69) is 15.6 Å². The highest BCUT2D eigenvalue weighted by molar-refractivity contribution is 6.31. The van der Waals surface area contributed by atoms with Crippen molar-refractivity contribution in [2.24, 2.45) is 0 Å². The lowest BCUT2D eigenvalue weighted by Crippen LogP contribution is -2.46. The maximum Gasteiger partial charge on any atom is 0.244 e. The Morgan fingerprint density at radius 3 is 2.53 bits per heavy atom. The molecule has 7 nitrogen and oxygen atoms in total. The molecular weight excluding hydrogens is 425 g/mol. The lowest BCUT2D eigenvalue weighted by molar-refractivity contribution is -0.126. The summed E-state index contributed by atoms with van der Waals surface area (Å²) in [6.45, 7) is 1.94. The highest BCUT2D eigenvalue weighted by Gasteiger charge is 2.57. The minimum atomic E-state index is -1.25. The summed E-state index contributed by atoms with van der Waals surface area (Å²) in [4.78, 5) is 27.8. The molecule has 0 bridgehead atoms. The molecule has 152 valence electrons.